The van der Waals surface area contributed by atoms with Gasteiger partial charge in [0.2, 0.25) is 5.91 Å². The van der Waals surface area contributed by atoms with Gasteiger partial charge in [-0.3, -0.25) is 9.59 Å². The monoisotopic (exact) mass is 502 g/mol. The molecule has 1 aromatic rings. The smallest absolute Gasteiger partial charge is 0.408 e. The minimum absolute atomic E-state index is 0.0594. The van der Waals surface area contributed by atoms with Crippen LogP contribution in [0.2, 0.25) is 0 Å². The van der Waals surface area contributed by atoms with Crippen molar-refractivity contribution in [3.05, 3.63) is 35.4 Å². The van der Waals surface area contributed by atoms with Crippen molar-refractivity contribution in [3.8, 4) is 0 Å². The molecular formula is C29H46N2O5. The average molecular weight is 503 g/mol. The number of carbonyl (C=O) groups excluding carboxylic acids is 3. The number of carbonyl (C=O) groups is 3. The largest absolute Gasteiger partial charge is 0.460 e. The summed E-state index contributed by atoms with van der Waals surface area (Å²) in [5.41, 5.74) is 1.03. The topological polar surface area (TPSA) is 84.9 Å². The number of hydrogen-bond donors (Lipinski definition) is 1. The summed E-state index contributed by atoms with van der Waals surface area (Å²) in [5.74, 6) is -0.457. The number of esters is 1. The number of unbranched alkanes of at least 4 members (excludes halogenated alkanes) is 1. The molecule has 0 aromatic heterocycles. The number of ether oxygens (including phenoxy) is 2. The summed E-state index contributed by atoms with van der Waals surface area (Å²) in [6.07, 6.45) is 5.36. The fraction of sp³-hybridized carbons (Fsp3) is 0.690. The molecule has 36 heavy (non-hydrogen) atoms. The van der Waals surface area contributed by atoms with Gasteiger partial charge in [0.25, 0.3) is 0 Å². The van der Waals surface area contributed by atoms with E-state index in [1.807, 2.05) is 65.5 Å². The normalized spacial score (nSPS) is 16.1. The van der Waals surface area contributed by atoms with E-state index in [9.17, 15) is 14.4 Å². The number of hydrogen-bond acceptors (Lipinski definition) is 5. The second kappa shape index (κ2) is 13.1. The van der Waals surface area contributed by atoms with E-state index in [0.717, 1.165) is 62.7 Å². The van der Waals surface area contributed by atoms with Gasteiger partial charge < -0.3 is 19.7 Å². The summed E-state index contributed by atoms with van der Waals surface area (Å²) in [6.45, 7) is 14.5. The first-order valence-electron chi connectivity index (χ1n) is 13.3. The molecule has 1 fully saturated rings. The highest BCUT2D eigenvalue weighted by atomic mass is 16.6. The number of likely N-dealkylation sites (tertiary alicyclic amines) is 1. The van der Waals surface area contributed by atoms with E-state index in [2.05, 4.69) is 17.4 Å². The van der Waals surface area contributed by atoms with Gasteiger partial charge in [-0.2, -0.15) is 0 Å². The summed E-state index contributed by atoms with van der Waals surface area (Å²) in [5, 5.41) is 2.87. The first kappa shape index (κ1) is 29.7. The third-order valence-electron chi connectivity index (χ3n) is 6.10. The quantitative estimate of drug-likeness (QED) is 0.343. The summed E-state index contributed by atoms with van der Waals surface area (Å²) in [7, 11) is 0. The van der Waals surface area contributed by atoms with E-state index in [1.54, 1.807) is 0 Å². The Morgan fingerprint density at radius 1 is 0.944 bits per heavy atom. The SMILES string of the molecule is C[C@@H](c1cccc(CCCCC(=O)OC(C)(C)C)c1)C(NC(=O)OC(C)(C)C)C(=O)N1CCCCC1. The van der Waals surface area contributed by atoms with Crippen molar-refractivity contribution in [2.75, 3.05) is 13.1 Å². The predicted molar refractivity (Wildman–Crippen MR) is 142 cm³/mol. The van der Waals surface area contributed by atoms with E-state index < -0.39 is 23.3 Å². The Balaban J connectivity index is 2.07. The lowest BCUT2D eigenvalue weighted by atomic mass is 9.90. The van der Waals surface area contributed by atoms with Crippen molar-refractivity contribution < 1.29 is 23.9 Å². The minimum Gasteiger partial charge on any atom is -0.460 e. The molecule has 1 saturated heterocycles. The van der Waals surface area contributed by atoms with Crippen LogP contribution >= 0.6 is 0 Å². The molecule has 1 unspecified atom stereocenters. The molecule has 2 amide bonds. The maximum absolute atomic E-state index is 13.5. The summed E-state index contributed by atoms with van der Waals surface area (Å²) < 4.78 is 10.9. The lowest BCUT2D eigenvalue weighted by molar-refractivity contribution is -0.154. The Labute approximate surface area is 217 Å². The predicted octanol–water partition coefficient (Wildman–Crippen LogP) is 5.75. The molecule has 0 spiro atoms. The zero-order valence-electron chi connectivity index (χ0n) is 23.3. The Morgan fingerprint density at radius 2 is 1.58 bits per heavy atom. The Hall–Kier alpha value is -2.57. The van der Waals surface area contributed by atoms with Crippen molar-refractivity contribution in [1.29, 1.82) is 0 Å². The number of alkyl carbamates (subject to hydrolysis) is 1. The molecule has 7 nitrogen and oxygen atoms in total. The molecule has 7 heteroatoms. The zero-order valence-corrected chi connectivity index (χ0v) is 23.3. The van der Waals surface area contributed by atoms with Gasteiger partial charge in [0.05, 0.1) is 0 Å². The van der Waals surface area contributed by atoms with Gasteiger partial charge in [-0.25, -0.2) is 4.79 Å². The highest BCUT2D eigenvalue weighted by Crippen LogP contribution is 2.24. The van der Waals surface area contributed by atoms with E-state index in [1.165, 1.54) is 0 Å². The van der Waals surface area contributed by atoms with Gasteiger partial charge >= 0.3 is 12.1 Å². The zero-order chi connectivity index (χ0) is 26.9. The number of rotatable bonds is 9. The molecule has 2 rings (SSSR count). The summed E-state index contributed by atoms with van der Waals surface area (Å²) in [6, 6.07) is 7.45. The van der Waals surface area contributed by atoms with Crippen LogP contribution in [0.15, 0.2) is 24.3 Å². The average Bonchev–Trinajstić information content (AvgIpc) is 2.78. The van der Waals surface area contributed by atoms with Crippen molar-refractivity contribution in [2.45, 2.75) is 117 Å². The highest BCUT2D eigenvalue weighted by molar-refractivity contribution is 5.87. The lowest BCUT2D eigenvalue weighted by Gasteiger charge is -2.34. The van der Waals surface area contributed by atoms with Gasteiger partial charge in [0.1, 0.15) is 17.2 Å². The molecule has 1 aliphatic heterocycles. The first-order chi connectivity index (χ1) is 16.7. The summed E-state index contributed by atoms with van der Waals surface area (Å²) >= 11 is 0. The van der Waals surface area contributed by atoms with Gasteiger partial charge in [0, 0.05) is 25.4 Å². The van der Waals surface area contributed by atoms with E-state index in [0.29, 0.717) is 6.42 Å². The number of amides is 2. The van der Waals surface area contributed by atoms with Gasteiger partial charge in [0.15, 0.2) is 0 Å². The van der Waals surface area contributed by atoms with Crippen LogP contribution in [0.1, 0.15) is 104 Å². The third kappa shape index (κ3) is 10.6. The number of aryl methyl sites for hydroxylation is 1. The molecule has 0 saturated carbocycles. The first-order valence-corrected chi connectivity index (χ1v) is 13.3. The fourth-order valence-electron chi connectivity index (χ4n) is 4.36. The Morgan fingerprint density at radius 3 is 2.19 bits per heavy atom. The van der Waals surface area contributed by atoms with Crippen molar-refractivity contribution in [2.24, 2.45) is 0 Å². The highest BCUT2D eigenvalue weighted by Gasteiger charge is 2.33. The van der Waals surface area contributed by atoms with Crippen molar-refractivity contribution in [3.63, 3.8) is 0 Å². The van der Waals surface area contributed by atoms with Gasteiger partial charge in [-0.05, 0) is 91.2 Å². The number of nitrogens with zero attached hydrogens (tertiary/aromatic N) is 1. The van der Waals surface area contributed by atoms with Crippen molar-refractivity contribution in [1.82, 2.24) is 10.2 Å². The van der Waals surface area contributed by atoms with Crippen LogP contribution in [0, 0.1) is 0 Å². The number of piperidine rings is 1. The molecular weight excluding hydrogens is 456 g/mol. The molecule has 202 valence electrons. The number of benzene rings is 1. The van der Waals surface area contributed by atoms with Gasteiger partial charge in [-0.15, -0.1) is 0 Å². The van der Waals surface area contributed by atoms with Gasteiger partial charge in [-0.1, -0.05) is 31.2 Å². The fourth-order valence-corrected chi connectivity index (χ4v) is 4.36. The van der Waals surface area contributed by atoms with Crippen molar-refractivity contribution >= 4 is 18.0 Å². The Kier molecular flexibility index (Phi) is 10.8. The standard InChI is InChI=1S/C29H46N2O5/c1-21(23-16-13-15-22(20-23)14-9-10-17-24(32)35-28(2,3)4)25(30-27(34)36-29(5,6)7)26(33)31-18-11-8-12-19-31/h13,15-16,20-21,25H,8-12,14,17-19H2,1-7H3,(H,30,34)/t21-,25?/m0/s1. The molecule has 1 aromatic carbocycles. The third-order valence-corrected chi connectivity index (χ3v) is 6.10. The number of nitrogens with one attached hydrogen (secondary N) is 1. The molecule has 0 bridgehead atoms. The molecule has 1 N–H and O–H groups in total. The van der Waals surface area contributed by atoms with Crippen LogP contribution in [-0.2, 0) is 25.5 Å². The van der Waals surface area contributed by atoms with Crippen LogP contribution in [0.25, 0.3) is 0 Å². The van der Waals surface area contributed by atoms with Crippen LogP contribution in [-0.4, -0.2) is 53.2 Å². The minimum atomic E-state index is -0.708. The maximum Gasteiger partial charge on any atom is 0.408 e. The van der Waals surface area contributed by atoms with E-state index in [4.69, 9.17) is 9.47 Å². The maximum atomic E-state index is 13.5. The Bertz CT molecular complexity index is 878. The molecule has 2 atom stereocenters. The second-order valence-electron chi connectivity index (χ2n) is 11.8. The van der Waals surface area contributed by atoms with Crippen LogP contribution in [0.4, 0.5) is 4.79 Å². The van der Waals surface area contributed by atoms with E-state index in [-0.39, 0.29) is 17.8 Å². The van der Waals surface area contributed by atoms with Crippen LogP contribution in [0.5, 0.6) is 0 Å². The van der Waals surface area contributed by atoms with Crippen LogP contribution in [0.3, 0.4) is 0 Å². The molecule has 0 radical (unpaired) electrons. The molecule has 1 heterocycles. The van der Waals surface area contributed by atoms with Crippen LogP contribution < -0.4 is 5.32 Å². The molecule has 0 aliphatic carbocycles. The summed E-state index contributed by atoms with van der Waals surface area (Å²) in [4.78, 5) is 39.9. The lowest BCUT2D eigenvalue weighted by Crippen LogP contribution is -2.53. The second-order valence-corrected chi connectivity index (χ2v) is 11.8. The van der Waals surface area contributed by atoms with E-state index >= 15 is 0 Å². The molecule has 1 aliphatic rings.